The van der Waals surface area contributed by atoms with E-state index in [1.165, 1.54) is 0 Å². The first-order chi connectivity index (χ1) is 8.61. The normalized spacial score (nSPS) is 17.3. The molecule has 1 aliphatic carbocycles. The van der Waals surface area contributed by atoms with Gasteiger partial charge in [0.05, 0.1) is 6.04 Å². The molecule has 1 atom stereocenters. The minimum absolute atomic E-state index is 0.0305. The van der Waals surface area contributed by atoms with Gasteiger partial charge in [-0.15, -0.1) is 0 Å². The SMILES string of the molecule is NC(=NO)C(NC(=O)c1ccc(Br)cn1)C1CC1. The maximum Gasteiger partial charge on any atom is 0.270 e. The molecular formula is C11H13BrN4O2. The second kappa shape index (κ2) is 5.34. The molecular weight excluding hydrogens is 300 g/mol. The van der Waals surface area contributed by atoms with Crippen molar-refractivity contribution < 1.29 is 10.0 Å². The third kappa shape index (κ3) is 2.98. The fourth-order valence-corrected chi connectivity index (χ4v) is 1.88. The molecule has 1 aromatic rings. The largest absolute Gasteiger partial charge is 0.409 e. The van der Waals surface area contributed by atoms with E-state index in [4.69, 9.17) is 10.9 Å². The number of nitrogens with one attached hydrogen (secondary N) is 1. The third-order valence-electron chi connectivity index (χ3n) is 2.77. The van der Waals surface area contributed by atoms with Crippen LogP contribution in [0.25, 0.3) is 0 Å². The summed E-state index contributed by atoms with van der Waals surface area (Å²) in [6.45, 7) is 0. The standard InChI is InChI=1S/C11H13BrN4O2/c12-7-3-4-8(14-5-7)11(17)15-9(6-1-2-6)10(13)16-18/h3-6,9,18H,1-2H2,(H2,13,16)(H,15,17). The summed E-state index contributed by atoms with van der Waals surface area (Å²) in [6.07, 6.45) is 3.48. The summed E-state index contributed by atoms with van der Waals surface area (Å²) in [6, 6.07) is 2.92. The molecule has 7 heteroatoms. The van der Waals surface area contributed by atoms with Gasteiger partial charge in [0, 0.05) is 10.7 Å². The first-order valence-corrected chi connectivity index (χ1v) is 6.31. The molecule has 1 aromatic heterocycles. The highest BCUT2D eigenvalue weighted by atomic mass is 79.9. The summed E-state index contributed by atoms with van der Waals surface area (Å²) in [5, 5.41) is 14.4. The van der Waals surface area contributed by atoms with Crippen LogP contribution < -0.4 is 11.1 Å². The molecule has 1 heterocycles. The molecule has 0 spiro atoms. The van der Waals surface area contributed by atoms with E-state index in [2.05, 4.69) is 31.4 Å². The minimum atomic E-state index is -0.423. The zero-order valence-electron chi connectivity index (χ0n) is 9.51. The molecule has 0 saturated heterocycles. The van der Waals surface area contributed by atoms with Crippen molar-refractivity contribution in [3.8, 4) is 0 Å². The predicted molar refractivity (Wildman–Crippen MR) is 69.3 cm³/mol. The van der Waals surface area contributed by atoms with Crippen molar-refractivity contribution in [2.45, 2.75) is 18.9 Å². The monoisotopic (exact) mass is 312 g/mol. The van der Waals surface area contributed by atoms with E-state index in [0.717, 1.165) is 17.3 Å². The smallest absolute Gasteiger partial charge is 0.270 e. The molecule has 0 aliphatic heterocycles. The van der Waals surface area contributed by atoms with Crippen molar-refractivity contribution in [3.05, 3.63) is 28.5 Å². The minimum Gasteiger partial charge on any atom is -0.409 e. The van der Waals surface area contributed by atoms with Crippen molar-refractivity contribution in [1.82, 2.24) is 10.3 Å². The zero-order valence-corrected chi connectivity index (χ0v) is 11.1. The molecule has 4 N–H and O–H groups in total. The van der Waals surface area contributed by atoms with Gasteiger partial charge >= 0.3 is 0 Å². The Morgan fingerprint density at radius 2 is 2.33 bits per heavy atom. The number of carbonyl (C=O) groups is 1. The first kappa shape index (κ1) is 12.8. The van der Waals surface area contributed by atoms with Crippen molar-refractivity contribution >= 4 is 27.7 Å². The van der Waals surface area contributed by atoms with Gasteiger partial charge in [0.15, 0.2) is 5.84 Å². The molecule has 0 bridgehead atoms. The Labute approximate surface area is 112 Å². The van der Waals surface area contributed by atoms with Crippen molar-refractivity contribution in [3.63, 3.8) is 0 Å². The van der Waals surface area contributed by atoms with Gasteiger partial charge in [0.25, 0.3) is 5.91 Å². The summed E-state index contributed by atoms with van der Waals surface area (Å²) < 4.78 is 0.800. The average molecular weight is 313 g/mol. The number of amides is 1. The lowest BCUT2D eigenvalue weighted by molar-refractivity contribution is 0.0938. The van der Waals surface area contributed by atoms with Gasteiger partial charge < -0.3 is 16.3 Å². The van der Waals surface area contributed by atoms with Crippen LogP contribution in [0.4, 0.5) is 0 Å². The summed E-state index contributed by atoms with van der Waals surface area (Å²) in [7, 11) is 0. The molecule has 0 aromatic carbocycles. The van der Waals surface area contributed by atoms with E-state index < -0.39 is 6.04 Å². The quantitative estimate of drug-likeness (QED) is 0.335. The van der Waals surface area contributed by atoms with Crippen LogP contribution in [0.2, 0.25) is 0 Å². The number of rotatable bonds is 4. The van der Waals surface area contributed by atoms with Crippen LogP contribution in [-0.4, -0.2) is 28.0 Å². The summed E-state index contributed by atoms with van der Waals surface area (Å²) in [5.74, 6) is -0.0470. The van der Waals surface area contributed by atoms with E-state index >= 15 is 0 Å². The van der Waals surface area contributed by atoms with E-state index in [1.807, 2.05) is 0 Å². The highest BCUT2D eigenvalue weighted by Gasteiger charge is 2.35. The number of carbonyl (C=O) groups excluding carboxylic acids is 1. The Hall–Kier alpha value is -1.63. The summed E-state index contributed by atoms with van der Waals surface area (Å²) in [4.78, 5) is 15.9. The van der Waals surface area contributed by atoms with Gasteiger partial charge in [-0.05, 0) is 46.8 Å². The second-order valence-electron chi connectivity index (χ2n) is 4.18. The summed E-state index contributed by atoms with van der Waals surface area (Å²) in [5.41, 5.74) is 5.87. The number of nitrogens with zero attached hydrogens (tertiary/aromatic N) is 2. The van der Waals surface area contributed by atoms with Crippen LogP contribution in [0.5, 0.6) is 0 Å². The third-order valence-corrected chi connectivity index (χ3v) is 3.24. The van der Waals surface area contributed by atoms with E-state index in [9.17, 15) is 4.79 Å². The van der Waals surface area contributed by atoms with Gasteiger partial charge in [0.2, 0.25) is 0 Å². The Kier molecular flexibility index (Phi) is 3.81. The Balaban J connectivity index is 2.07. The molecule has 96 valence electrons. The predicted octanol–water partition coefficient (Wildman–Crippen LogP) is 1.10. The molecule has 1 unspecified atom stereocenters. The van der Waals surface area contributed by atoms with Gasteiger partial charge in [0.1, 0.15) is 5.69 Å². The van der Waals surface area contributed by atoms with Crippen molar-refractivity contribution in [2.24, 2.45) is 16.8 Å². The number of amidine groups is 1. The van der Waals surface area contributed by atoms with Gasteiger partial charge in [-0.25, -0.2) is 4.98 Å². The van der Waals surface area contributed by atoms with Crippen molar-refractivity contribution in [1.29, 1.82) is 0 Å². The number of aromatic nitrogens is 1. The second-order valence-corrected chi connectivity index (χ2v) is 5.09. The fourth-order valence-electron chi connectivity index (χ4n) is 1.65. The number of hydrogen-bond acceptors (Lipinski definition) is 4. The molecule has 18 heavy (non-hydrogen) atoms. The molecule has 1 aliphatic rings. The fraction of sp³-hybridized carbons (Fsp3) is 0.364. The Morgan fingerprint density at radius 3 is 2.83 bits per heavy atom. The Bertz CT molecular complexity index is 470. The van der Waals surface area contributed by atoms with E-state index in [0.29, 0.717) is 5.69 Å². The van der Waals surface area contributed by atoms with Crippen LogP contribution in [0.1, 0.15) is 23.3 Å². The maximum atomic E-state index is 11.9. The van der Waals surface area contributed by atoms with Gasteiger partial charge in [-0.1, -0.05) is 5.16 Å². The highest BCUT2D eigenvalue weighted by molar-refractivity contribution is 9.10. The number of oxime groups is 1. The Morgan fingerprint density at radius 1 is 1.61 bits per heavy atom. The highest BCUT2D eigenvalue weighted by Crippen LogP contribution is 2.32. The topological polar surface area (TPSA) is 101 Å². The van der Waals surface area contributed by atoms with E-state index in [1.54, 1.807) is 18.3 Å². The molecule has 0 radical (unpaired) electrons. The average Bonchev–Trinajstić information content (AvgIpc) is 3.20. The van der Waals surface area contributed by atoms with Crippen LogP contribution in [0, 0.1) is 5.92 Å². The first-order valence-electron chi connectivity index (χ1n) is 5.51. The molecule has 1 amide bonds. The summed E-state index contributed by atoms with van der Waals surface area (Å²) >= 11 is 3.25. The molecule has 2 rings (SSSR count). The molecule has 1 saturated carbocycles. The van der Waals surface area contributed by atoms with Gasteiger partial charge in [-0.3, -0.25) is 4.79 Å². The van der Waals surface area contributed by atoms with Crippen LogP contribution >= 0.6 is 15.9 Å². The lowest BCUT2D eigenvalue weighted by Gasteiger charge is -2.16. The van der Waals surface area contributed by atoms with Crippen molar-refractivity contribution in [2.75, 3.05) is 0 Å². The molecule has 1 fully saturated rings. The van der Waals surface area contributed by atoms with E-state index in [-0.39, 0.29) is 17.7 Å². The maximum absolute atomic E-state index is 11.9. The van der Waals surface area contributed by atoms with Crippen LogP contribution in [0.3, 0.4) is 0 Å². The number of nitrogens with two attached hydrogens (primary N) is 1. The van der Waals surface area contributed by atoms with Crippen LogP contribution in [0.15, 0.2) is 28.0 Å². The zero-order chi connectivity index (χ0) is 13.1. The number of halogens is 1. The number of hydrogen-bond donors (Lipinski definition) is 3. The molecule has 6 nitrogen and oxygen atoms in total. The van der Waals surface area contributed by atoms with Crippen LogP contribution in [-0.2, 0) is 0 Å². The number of pyridine rings is 1. The van der Waals surface area contributed by atoms with Gasteiger partial charge in [-0.2, -0.15) is 0 Å². The lowest BCUT2D eigenvalue weighted by atomic mass is 10.1. The lowest BCUT2D eigenvalue weighted by Crippen LogP contribution is -2.46.